The lowest BCUT2D eigenvalue weighted by Crippen LogP contribution is -2.43. The zero-order valence-corrected chi connectivity index (χ0v) is 8.16. The Hall–Kier alpha value is -1.42. The van der Waals surface area contributed by atoms with Gasteiger partial charge in [-0.2, -0.15) is 0 Å². The monoisotopic (exact) mass is 192 g/mol. The van der Waals surface area contributed by atoms with Gasteiger partial charge in [0.1, 0.15) is 0 Å². The van der Waals surface area contributed by atoms with Crippen molar-refractivity contribution in [2.45, 2.75) is 0 Å². The minimum Gasteiger partial charge on any atom is -0.399 e. The minimum absolute atomic E-state index is 0.735. The van der Waals surface area contributed by atoms with E-state index < -0.39 is 0 Å². The Bertz CT molecular complexity index is 298. The number of anilines is 3. The van der Waals surface area contributed by atoms with Gasteiger partial charge in [-0.1, -0.05) is 0 Å². The second-order valence-corrected chi connectivity index (χ2v) is 3.59. The summed E-state index contributed by atoms with van der Waals surface area (Å²) >= 11 is 0. The number of piperazine rings is 1. The van der Waals surface area contributed by atoms with Gasteiger partial charge in [-0.25, -0.2) is 0 Å². The van der Waals surface area contributed by atoms with Crippen molar-refractivity contribution in [3.8, 4) is 0 Å². The fourth-order valence-electron chi connectivity index (χ4n) is 1.76. The summed E-state index contributed by atoms with van der Waals surface area (Å²) in [7, 11) is 0. The van der Waals surface area contributed by atoms with Gasteiger partial charge in [0.15, 0.2) is 0 Å². The van der Waals surface area contributed by atoms with E-state index in [1.54, 1.807) is 6.07 Å². The Morgan fingerprint density at radius 3 is 2.14 bits per heavy atom. The number of hydrogen-bond donors (Lipinski definition) is 3. The highest BCUT2D eigenvalue weighted by Gasteiger charge is 2.10. The van der Waals surface area contributed by atoms with Gasteiger partial charge < -0.3 is 21.7 Å². The number of rotatable bonds is 1. The van der Waals surface area contributed by atoms with Crippen LogP contribution in [0.25, 0.3) is 0 Å². The minimum atomic E-state index is 0.735. The fourth-order valence-corrected chi connectivity index (χ4v) is 1.76. The molecule has 0 radical (unpaired) electrons. The van der Waals surface area contributed by atoms with Crippen molar-refractivity contribution in [3.63, 3.8) is 0 Å². The molecule has 4 nitrogen and oxygen atoms in total. The highest BCUT2D eigenvalue weighted by atomic mass is 15.2. The second-order valence-electron chi connectivity index (χ2n) is 3.59. The van der Waals surface area contributed by atoms with Crippen LogP contribution in [0.5, 0.6) is 0 Å². The van der Waals surface area contributed by atoms with E-state index in [1.165, 1.54) is 0 Å². The van der Waals surface area contributed by atoms with E-state index in [9.17, 15) is 0 Å². The van der Waals surface area contributed by atoms with Crippen LogP contribution in [0.15, 0.2) is 18.2 Å². The van der Waals surface area contributed by atoms with Gasteiger partial charge in [0.25, 0.3) is 0 Å². The van der Waals surface area contributed by atoms with Crippen LogP contribution in [0, 0.1) is 0 Å². The molecule has 0 amide bonds. The molecule has 0 aromatic heterocycles. The van der Waals surface area contributed by atoms with E-state index in [-0.39, 0.29) is 0 Å². The van der Waals surface area contributed by atoms with Crippen LogP contribution in [-0.2, 0) is 0 Å². The van der Waals surface area contributed by atoms with E-state index in [0.29, 0.717) is 0 Å². The Morgan fingerprint density at radius 2 is 1.57 bits per heavy atom. The van der Waals surface area contributed by atoms with Crippen molar-refractivity contribution in [1.29, 1.82) is 0 Å². The van der Waals surface area contributed by atoms with Crippen molar-refractivity contribution in [1.82, 2.24) is 5.32 Å². The molecule has 0 saturated carbocycles. The first kappa shape index (κ1) is 9.15. The molecule has 5 N–H and O–H groups in total. The maximum absolute atomic E-state index is 5.74. The summed E-state index contributed by atoms with van der Waals surface area (Å²) in [5.41, 5.74) is 14.1. The molecular weight excluding hydrogens is 176 g/mol. The van der Waals surface area contributed by atoms with Crippen LogP contribution < -0.4 is 21.7 Å². The molecule has 1 fully saturated rings. The van der Waals surface area contributed by atoms with Crippen LogP contribution in [0.1, 0.15) is 0 Å². The quantitative estimate of drug-likeness (QED) is 0.558. The molecule has 0 atom stereocenters. The number of nitrogens with two attached hydrogens (primary N) is 2. The number of hydrogen-bond acceptors (Lipinski definition) is 4. The third kappa shape index (κ3) is 1.90. The van der Waals surface area contributed by atoms with E-state index in [2.05, 4.69) is 10.2 Å². The zero-order valence-electron chi connectivity index (χ0n) is 8.16. The van der Waals surface area contributed by atoms with Crippen molar-refractivity contribution >= 4 is 17.1 Å². The number of nitrogens with one attached hydrogen (secondary N) is 1. The van der Waals surface area contributed by atoms with Crippen molar-refractivity contribution < 1.29 is 0 Å². The standard InChI is InChI=1S/C10H16N4/c11-8-5-9(12)7-10(6-8)14-3-1-13-2-4-14/h5-7,13H,1-4,11-12H2. The molecule has 1 aliphatic rings. The number of nitrogen functional groups attached to an aromatic ring is 2. The molecule has 4 heteroatoms. The van der Waals surface area contributed by atoms with Gasteiger partial charge in [0, 0.05) is 43.2 Å². The maximum Gasteiger partial charge on any atom is 0.0408 e. The van der Waals surface area contributed by atoms with Crippen molar-refractivity contribution in [2.24, 2.45) is 0 Å². The Balaban J connectivity index is 2.21. The van der Waals surface area contributed by atoms with E-state index in [0.717, 1.165) is 43.2 Å². The molecule has 1 aromatic rings. The molecule has 1 saturated heterocycles. The lowest BCUT2D eigenvalue weighted by Gasteiger charge is -2.29. The lowest BCUT2D eigenvalue weighted by atomic mass is 10.2. The van der Waals surface area contributed by atoms with Gasteiger partial charge >= 0.3 is 0 Å². The summed E-state index contributed by atoms with van der Waals surface area (Å²) in [5, 5.41) is 3.31. The first-order valence-corrected chi connectivity index (χ1v) is 4.87. The molecule has 76 valence electrons. The molecule has 1 heterocycles. The lowest BCUT2D eigenvalue weighted by molar-refractivity contribution is 0.589. The van der Waals surface area contributed by atoms with Crippen LogP contribution in [0.4, 0.5) is 17.1 Å². The number of benzene rings is 1. The summed E-state index contributed by atoms with van der Waals surface area (Å²) in [6.45, 7) is 4.08. The van der Waals surface area contributed by atoms with E-state index >= 15 is 0 Å². The normalized spacial score (nSPS) is 17.0. The molecule has 1 aliphatic heterocycles. The molecule has 1 aromatic carbocycles. The molecule has 0 unspecified atom stereocenters. The Labute approximate surface area is 83.9 Å². The highest BCUT2D eigenvalue weighted by molar-refractivity contribution is 5.65. The van der Waals surface area contributed by atoms with Crippen LogP contribution in [0.2, 0.25) is 0 Å². The van der Waals surface area contributed by atoms with Gasteiger partial charge in [-0.3, -0.25) is 0 Å². The summed E-state index contributed by atoms with van der Waals surface area (Å²) in [6, 6.07) is 5.73. The molecule has 2 rings (SSSR count). The second kappa shape index (κ2) is 3.75. The van der Waals surface area contributed by atoms with Crippen LogP contribution >= 0.6 is 0 Å². The highest BCUT2D eigenvalue weighted by Crippen LogP contribution is 2.22. The largest absolute Gasteiger partial charge is 0.399 e. The van der Waals surface area contributed by atoms with Gasteiger partial charge in [-0.15, -0.1) is 0 Å². The predicted molar refractivity (Wildman–Crippen MR) is 60.3 cm³/mol. The molecular formula is C10H16N4. The predicted octanol–water partition coefficient (Wildman–Crippen LogP) is 0.261. The topological polar surface area (TPSA) is 67.3 Å². The third-order valence-electron chi connectivity index (χ3n) is 2.44. The first-order valence-electron chi connectivity index (χ1n) is 4.87. The Kier molecular flexibility index (Phi) is 2.45. The molecule has 14 heavy (non-hydrogen) atoms. The summed E-state index contributed by atoms with van der Waals surface area (Å²) in [5.74, 6) is 0. The van der Waals surface area contributed by atoms with Crippen molar-refractivity contribution in [3.05, 3.63) is 18.2 Å². The zero-order chi connectivity index (χ0) is 9.97. The van der Waals surface area contributed by atoms with Gasteiger partial charge in [0.2, 0.25) is 0 Å². The summed E-state index contributed by atoms with van der Waals surface area (Å²) in [4.78, 5) is 2.29. The summed E-state index contributed by atoms with van der Waals surface area (Å²) in [6.07, 6.45) is 0. The van der Waals surface area contributed by atoms with Gasteiger partial charge in [-0.05, 0) is 18.2 Å². The molecule has 0 spiro atoms. The van der Waals surface area contributed by atoms with E-state index in [4.69, 9.17) is 11.5 Å². The van der Waals surface area contributed by atoms with Crippen LogP contribution in [-0.4, -0.2) is 26.2 Å². The van der Waals surface area contributed by atoms with Crippen LogP contribution in [0.3, 0.4) is 0 Å². The fraction of sp³-hybridized carbons (Fsp3) is 0.400. The first-order chi connectivity index (χ1) is 6.75. The average molecular weight is 192 g/mol. The van der Waals surface area contributed by atoms with Gasteiger partial charge in [0.05, 0.1) is 0 Å². The molecule has 0 bridgehead atoms. The summed E-state index contributed by atoms with van der Waals surface area (Å²) < 4.78 is 0. The smallest absolute Gasteiger partial charge is 0.0408 e. The average Bonchev–Trinajstić information content (AvgIpc) is 2.18. The maximum atomic E-state index is 5.74. The van der Waals surface area contributed by atoms with Crippen molar-refractivity contribution in [2.75, 3.05) is 42.5 Å². The SMILES string of the molecule is Nc1cc(N)cc(N2CCNCC2)c1. The number of nitrogens with zero attached hydrogens (tertiary/aromatic N) is 1. The Morgan fingerprint density at radius 1 is 1.00 bits per heavy atom. The third-order valence-corrected chi connectivity index (χ3v) is 2.44. The van der Waals surface area contributed by atoms with E-state index in [1.807, 2.05) is 12.1 Å². The molecule has 0 aliphatic carbocycles.